The topological polar surface area (TPSA) is 85.8 Å². The Morgan fingerprint density at radius 3 is 2.60 bits per heavy atom. The maximum atomic E-state index is 13.0. The van der Waals surface area contributed by atoms with E-state index in [-0.39, 0.29) is 11.9 Å². The molecule has 1 saturated heterocycles. The maximum absolute atomic E-state index is 13.0. The zero-order valence-corrected chi connectivity index (χ0v) is 17.4. The Morgan fingerprint density at radius 1 is 1.13 bits per heavy atom. The Morgan fingerprint density at radius 2 is 1.90 bits per heavy atom. The van der Waals surface area contributed by atoms with Crippen molar-refractivity contribution < 1.29 is 14.2 Å². The zero-order valence-electron chi connectivity index (χ0n) is 17.4. The van der Waals surface area contributed by atoms with E-state index in [0.717, 1.165) is 23.4 Å². The van der Waals surface area contributed by atoms with E-state index < -0.39 is 6.04 Å². The van der Waals surface area contributed by atoms with Gasteiger partial charge in [0.2, 0.25) is 11.9 Å². The third kappa shape index (κ3) is 3.70. The SMILES string of the molecule is Cc1ccc(C[N+]2=C(NCCCn3ccnc3)N=C3C2C(=O)N(C)C(=O)N3C)cc1. The average Bonchev–Trinajstić information content (AvgIpc) is 3.38. The molecule has 3 amide bonds. The Hall–Kier alpha value is -3.49. The number of nitrogens with one attached hydrogen (secondary N) is 1. The fourth-order valence-corrected chi connectivity index (χ4v) is 3.68. The first-order chi connectivity index (χ1) is 14.5. The van der Waals surface area contributed by atoms with Crippen LogP contribution >= 0.6 is 0 Å². The predicted molar refractivity (Wildman–Crippen MR) is 112 cm³/mol. The molecule has 9 heteroatoms. The molecule has 1 aromatic heterocycles. The second-order valence-corrected chi connectivity index (χ2v) is 7.63. The van der Waals surface area contributed by atoms with Crippen molar-refractivity contribution in [3.05, 3.63) is 54.1 Å². The van der Waals surface area contributed by atoms with Gasteiger partial charge in [0.05, 0.1) is 19.4 Å². The Balaban J connectivity index is 1.57. The first-order valence-corrected chi connectivity index (χ1v) is 9.98. The number of imidazole rings is 1. The highest BCUT2D eigenvalue weighted by Crippen LogP contribution is 2.20. The molecule has 1 atom stereocenters. The molecule has 9 nitrogen and oxygen atoms in total. The first-order valence-electron chi connectivity index (χ1n) is 9.98. The Kier molecular flexibility index (Phi) is 5.35. The lowest BCUT2D eigenvalue weighted by Crippen LogP contribution is -2.61. The third-order valence-electron chi connectivity index (χ3n) is 5.44. The quantitative estimate of drug-likeness (QED) is 0.572. The zero-order chi connectivity index (χ0) is 21.3. The molecule has 0 spiro atoms. The summed E-state index contributed by atoms with van der Waals surface area (Å²) < 4.78 is 3.96. The fraction of sp³-hybridized carbons (Fsp3) is 0.381. The van der Waals surface area contributed by atoms with Crippen LogP contribution in [0.3, 0.4) is 0 Å². The number of amidine groups is 1. The minimum atomic E-state index is -0.616. The molecule has 1 aromatic carbocycles. The number of urea groups is 1. The molecule has 156 valence electrons. The van der Waals surface area contributed by atoms with Gasteiger partial charge in [0.25, 0.3) is 5.91 Å². The van der Waals surface area contributed by atoms with Gasteiger partial charge in [-0.15, -0.1) is 0 Å². The van der Waals surface area contributed by atoms with Crippen LogP contribution in [0.5, 0.6) is 0 Å². The molecule has 0 aliphatic carbocycles. The standard InChI is InChI=1S/C21H25N7O2/c1-15-5-7-16(8-6-15)13-28-17-18(25(2)21(30)26(3)19(17)29)24-20(28)23-9-4-11-27-12-10-22-14-27/h5-8,10,12,14,17H,4,9,11,13H2,1-3H3/p+1. The number of aryl methyl sites for hydroxylation is 2. The second kappa shape index (κ2) is 8.10. The number of aromatic nitrogens is 2. The first kappa shape index (κ1) is 19.8. The average molecular weight is 408 g/mol. The lowest BCUT2D eigenvalue weighted by Gasteiger charge is -2.31. The number of imide groups is 1. The van der Waals surface area contributed by atoms with Gasteiger partial charge in [0, 0.05) is 33.0 Å². The van der Waals surface area contributed by atoms with Crippen molar-refractivity contribution in [2.24, 2.45) is 4.99 Å². The summed E-state index contributed by atoms with van der Waals surface area (Å²) in [5, 5.41) is 3.37. The van der Waals surface area contributed by atoms with Crippen molar-refractivity contribution in [3.63, 3.8) is 0 Å². The monoisotopic (exact) mass is 408 g/mol. The van der Waals surface area contributed by atoms with E-state index in [9.17, 15) is 9.59 Å². The van der Waals surface area contributed by atoms with Crippen molar-refractivity contribution >= 4 is 23.7 Å². The summed E-state index contributed by atoms with van der Waals surface area (Å²) in [5.74, 6) is 0.816. The number of fused-ring (bicyclic) bond motifs is 1. The molecule has 1 fully saturated rings. The molecule has 1 unspecified atom stereocenters. The van der Waals surface area contributed by atoms with E-state index in [1.807, 2.05) is 22.3 Å². The van der Waals surface area contributed by atoms with Crippen LogP contribution in [0.25, 0.3) is 0 Å². The highest BCUT2D eigenvalue weighted by molar-refractivity contribution is 6.22. The number of likely N-dealkylation sites (N-methyl/N-ethyl adjacent to an activating group) is 2. The van der Waals surface area contributed by atoms with E-state index in [4.69, 9.17) is 0 Å². The lowest BCUT2D eigenvalue weighted by molar-refractivity contribution is -0.553. The molecule has 4 rings (SSSR count). The van der Waals surface area contributed by atoms with Crippen LogP contribution < -0.4 is 5.32 Å². The van der Waals surface area contributed by atoms with Crippen LogP contribution in [0.1, 0.15) is 17.5 Å². The summed E-state index contributed by atoms with van der Waals surface area (Å²) in [6.45, 7) is 4.07. The van der Waals surface area contributed by atoms with Gasteiger partial charge in [-0.3, -0.25) is 19.9 Å². The van der Waals surface area contributed by atoms with Crippen LogP contribution in [0.15, 0.2) is 48.0 Å². The molecule has 0 bridgehead atoms. The van der Waals surface area contributed by atoms with Crippen LogP contribution in [0.2, 0.25) is 0 Å². The van der Waals surface area contributed by atoms with Crippen molar-refractivity contribution in [2.45, 2.75) is 32.5 Å². The summed E-state index contributed by atoms with van der Waals surface area (Å²) >= 11 is 0. The molecule has 0 radical (unpaired) electrons. The van der Waals surface area contributed by atoms with Gasteiger partial charge in [0.1, 0.15) is 0 Å². The van der Waals surface area contributed by atoms with Crippen molar-refractivity contribution in [1.82, 2.24) is 24.7 Å². The molecular weight excluding hydrogens is 382 g/mol. The van der Waals surface area contributed by atoms with Gasteiger partial charge < -0.3 is 4.57 Å². The summed E-state index contributed by atoms with van der Waals surface area (Å²) in [6.07, 6.45) is 6.34. The number of carbonyl (C=O) groups excluding carboxylic acids is 2. The summed E-state index contributed by atoms with van der Waals surface area (Å²) in [5.41, 5.74) is 2.25. The van der Waals surface area contributed by atoms with Crippen molar-refractivity contribution in [3.8, 4) is 0 Å². The van der Waals surface area contributed by atoms with Gasteiger partial charge in [-0.2, -0.15) is 0 Å². The molecule has 3 heterocycles. The van der Waals surface area contributed by atoms with Crippen LogP contribution in [0, 0.1) is 6.92 Å². The number of rotatable bonds is 6. The van der Waals surface area contributed by atoms with E-state index in [1.54, 1.807) is 19.6 Å². The number of hydrogen-bond acceptors (Lipinski definition) is 5. The lowest BCUT2D eigenvalue weighted by atomic mass is 10.1. The third-order valence-corrected chi connectivity index (χ3v) is 5.44. The largest absolute Gasteiger partial charge is 0.390 e. The van der Waals surface area contributed by atoms with Gasteiger partial charge in [-0.1, -0.05) is 34.8 Å². The maximum Gasteiger partial charge on any atom is 0.390 e. The number of hydrogen-bond donors (Lipinski definition) is 1. The number of guanidine groups is 1. The van der Waals surface area contributed by atoms with Gasteiger partial charge in [-0.05, 0) is 18.9 Å². The van der Waals surface area contributed by atoms with Crippen molar-refractivity contribution in [2.75, 3.05) is 20.6 Å². The van der Waals surface area contributed by atoms with Gasteiger partial charge in [-0.25, -0.2) is 14.4 Å². The Labute approximate surface area is 175 Å². The highest BCUT2D eigenvalue weighted by atomic mass is 16.2. The molecular formula is C21H26N7O2+. The number of carbonyl (C=O) groups is 2. The van der Waals surface area contributed by atoms with E-state index in [2.05, 4.69) is 39.6 Å². The minimum absolute atomic E-state index is 0.265. The highest BCUT2D eigenvalue weighted by Gasteiger charge is 2.51. The smallest absolute Gasteiger partial charge is 0.337 e. The van der Waals surface area contributed by atoms with Gasteiger partial charge >= 0.3 is 12.0 Å². The van der Waals surface area contributed by atoms with Crippen LogP contribution in [-0.4, -0.2) is 74.3 Å². The Bertz CT molecular complexity index is 1010. The molecule has 30 heavy (non-hydrogen) atoms. The minimum Gasteiger partial charge on any atom is -0.337 e. The van der Waals surface area contributed by atoms with E-state index in [1.165, 1.54) is 17.5 Å². The summed E-state index contributed by atoms with van der Waals surface area (Å²) in [7, 11) is 3.17. The van der Waals surface area contributed by atoms with Crippen LogP contribution in [-0.2, 0) is 17.9 Å². The second-order valence-electron chi connectivity index (χ2n) is 7.63. The molecule has 2 aromatic rings. The molecule has 2 aliphatic heterocycles. The molecule has 0 saturated carbocycles. The molecule has 1 N–H and O–H groups in total. The van der Waals surface area contributed by atoms with E-state index >= 15 is 0 Å². The fourth-order valence-electron chi connectivity index (χ4n) is 3.68. The number of benzene rings is 1. The van der Waals surface area contributed by atoms with Crippen molar-refractivity contribution in [1.29, 1.82) is 0 Å². The number of amides is 3. The summed E-state index contributed by atoms with van der Waals surface area (Å²) in [4.78, 5) is 36.6. The number of aliphatic imine (C=N–C) groups is 1. The number of nitrogens with zero attached hydrogens (tertiary/aromatic N) is 6. The predicted octanol–water partition coefficient (Wildman–Crippen LogP) is 1.04. The van der Waals surface area contributed by atoms with Gasteiger partial charge in [0.15, 0.2) is 0 Å². The summed E-state index contributed by atoms with van der Waals surface area (Å²) in [6, 6.07) is 7.22. The molecule has 2 aliphatic rings. The van der Waals surface area contributed by atoms with E-state index in [0.29, 0.717) is 24.9 Å². The normalized spacial score (nSPS) is 18.8. The van der Waals surface area contributed by atoms with Crippen LogP contribution in [0.4, 0.5) is 4.79 Å².